The third-order valence-electron chi connectivity index (χ3n) is 4.72. The van der Waals surface area contributed by atoms with Gasteiger partial charge in [-0.15, -0.1) is 0 Å². The van der Waals surface area contributed by atoms with Crippen molar-refractivity contribution in [1.82, 2.24) is 9.62 Å². The van der Waals surface area contributed by atoms with Crippen LogP contribution in [0, 0.1) is 0 Å². The summed E-state index contributed by atoms with van der Waals surface area (Å²) in [6.07, 6.45) is 2.44. The molecule has 0 radical (unpaired) electrons. The van der Waals surface area contributed by atoms with E-state index < -0.39 is 10.2 Å². The van der Waals surface area contributed by atoms with Gasteiger partial charge < -0.3 is 9.47 Å². The molecule has 0 bridgehead atoms. The smallest absolute Gasteiger partial charge is 0.274 e. The fraction of sp³-hybridized carbons (Fsp3) is 0.600. The number of nitrogens with two attached hydrogens (primary N) is 1. The molecule has 2 aliphatic rings. The predicted octanol–water partition coefficient (Wildman–Crippen LogP) is 0.559. The fourth-order valence-electron chi connectivity index (χ4n) is 3.67. The van der Waals surface area contributed by atoms with Crippen LogP contribution in [0.3, 0.4) is 0 Å². The van der Waals surface area contributed by atoms with Crippen molar-refractivity contribution in [1.29, 1.82) is 0 Å². The van der Waals surface area contributed by atoms with Crippen molar-refractivity contribution in [3.63, 3.8) is 0 Å². The molecule has 2 heterocycles. The van der Waals surface area contributed by atoms with Crippen molar-refractivity contribution >= 4 is 10.2 Å². The molecule has 0 spiro atoms. The quantitative estimate of drug-likeness (QED) is 0.834. The first-order chi connectivity index (χ1) is 10.9. The Balaban J connectivity index is 1.90. The molecular weight excluding hydrogens is 318 g/mol. The number of benzene rings is 1. The lowest BCUT2D eigenvalue weighted by Gasteiger charge is -2.43. The van der Waals surface area contributed by atoms with Gasteiger partial charge in [0.2, 0.25) is 0 Å². The van der Waals surface area contributed by atoms with Gasteiger partial charge in [-0.1, -0.05) is 0 Å². The average Bonchev–Trinajstić information content (AvgIpc) is 2.51. The van der Waals surface area contributed by atoms with Gasteiger partial charge in [0.25, 0.3) is 10.2 Å². The van der Waals surface area contributed by atoms with Gasteiger partial charge in [0.15, 0.2) is 11.5 Å². The predicted molar refractivity (Wildman–Crippen MR) is 86.8 cm³/mol. The highest BCUT2D eigenvalue weighted by Gasteiger charge is 2.35. The zero-order valence-electron chi connectivity index (χ0n) is 13.4. The standard InChI is InChI=1S/C15H23N3O4S/c1-21-14-7-10-3-5-18-6-4-11(17-23(16,19)20)8-13(18)12(10)9-15(14)22-2/h7,9,11,13,17H,3-6,8H2,1-2H3,(H2,16,19,20)/t11-,13+/m1/s1. The topological polar surface area (TPSA) is 93.9 Å². The Morgan fingerprint density at radius 3 is 2.57 bits per heavy atom. The number of nitrogens with zero attached hydrogens (tertiary/aromatic N) is 1. The largest absolute Gasteiger partial charge is 0.493 e. The Hall–Kier alpha value is -1.35. The van der Waals surface area contributed by atoms with Crippen molar-refractivity contribution in [2.45, 2.75) is 31.3 Å². The van der Waals surface area contributed by atoms with Crippen LogP contribution in [0.4, 0.5) is 0 Å². The maximum Gasteiger partial charge on any atom is 0.274 e. The number of hydrogen-bond donors (Lipinski definition) is 2. The van der Waals surface area contributed by atoms with Crippen molar-refractivity contribution in [2.75, 3.05) is 27.3 Å². The molecule has 3 rings (SSSR count). The Morgan fingerprint density at radius 2 is 1.91 bits per heavy atom. The van der Waals surface area contributed by atoms with E-state index in [-0.39, 0.29) is 12.1 Å². The summed E-state index contributed by atoms with van der Waals surface area (Å²) in [4.78, 5) is 2.40. The van der Waals surface area contributed by atoms with Gasteiger partial charge in [-0.2, -0.15) is 13.1 Å². The number of rotatable bonds is 4. The van der Waals surface area contributed by atoms with Gasteiger partial charge in [0.1, 0.15) is 0 Å². The summed E-state index contributed by atoms with van der Waals surface area (Å²) < 4.78 is 35.9. The van der Waals surface area contributed by atoms with E-state index in [2.05, 4.69) is 9.62 Å². The van der Waals surface area contributed by atoms with Gasteiger partial charge in [-0.25, -0.2) is 5.14 Å². The highest BCUT2D eigenvalue weighted by atomic mass is 32.2. The second kappa shape index (κ2) is 6.27. The molecule has 0 aromatic heterocycles. The normalized spacial score (nSPS) is 24.7. The SMILES string of the molecule is COc1cc2c(cc1OC)[C@@H]1C[C@H](NS(N)(=O)=O)CCN1CC2. The number of piperidine rings is 1. The van der Waals surface area contributed by atoms with Crippen LogP contribution in [0.2, 0.25) is 0 Å². The minimum absolute atomic E-state index is 0.134. The van der Waals surface area contributed by atoms with Crippen molar-refractivity contribution < 1.29 is 17.9 Å². The average molecular weight is 341 g/mol. The molecular formula is C15H23N3O4S. The van der Waals surface area contributed by atoms with E-state index >= 15 is 0 Å². The molecule has 1 aromatic rings. The van der Waals surface area contributed by atoms with E-state index in [4.69, 9.17) is 14.6 Å². The Labute approximate surface area is 136 Å². The van der Waals surface area contributed by atoms with Crippen LogP contribution in [-0.2, 0) is 16.6 Å². The van der Waals surface area contributed by atoms with Crippen LogP contribution in [0.1, 0.15) is 30.0 Å². The summed E-state index contributed by atoms with van der Waals surface area (Å²) in [6.45, 7) is 1.82. The minimum Gasteiger partial charge on any atom is -0.493 e. The molecule has 2 aliphatic heterocycles. The van der Waals surface area contributed by atoms with Gasteiger partial charge >= 0.3 is 0 Å². The van der Waals surface area contributed by atoms with Crippen molar-refractivity contribution in [3.05, 3.63) is 23.3 Å². The molecule has 3 N–H and O–H groups in total. The summed E-state index contributed by atoms with van der Waals surface area (Å²) in [5.74, 6) is 1.43. The molecule has 1 saturated heterocycles. The third kappa shape index (κ3) is 3.45. The number of fused-ring (bicyclic) bond motifs is 3. The second-order valence-corrected chi connectivity index (χ2v) is 7.42. The van der Waals surface area contributed by atoms with Crippen molar-refractivity contribution in [2.24, 2.45) is 5.14 Å². The molecule has 23 heavy (non-hydrogen) atoms. The maximum absolute atomic E-state index is 11.3. The van der Waals surface area contributed by atoms with Gasteiger partial charge in [0.05, 0.1) is 14.2 Å². The molecule has 0 unspecified atom stereocenters. The van der Waals surface area contributed by atoms with Gasteiger partial charge in [-0.05, 0) is 42.5 Å². The Kier molecular flexibility index (Phi) is 4.50. The van der Waals surface area contributed by atoms with Gasteiger partial charge in [-0.3, -0.25) is 4.90 Å². The summed E-state index contributed by atoms with van der Waals surface area (Å²) in [7, 11) is -0.423. The van der Waals surface area contributed by atoms with E-state index in [1.807, 2.05) is 12.1 Å². The number of nitrogens with one attached hydrogen (secondary N) is 1. The molecule has 2 atom stereocenters. The van der Waals surface area contributed by atoms with E-state index in [1.165, 1.54) is 11.1 Å². The first-order valence-electron chi connectivity index (χ1n) is 7.70. The third-order valence-corrected chi connectivity index (χ3v) is 5.38. The lowest BCUT2D eigenvalue weighted by Crippen LogP contribution is -2.49. The molecule has 0 aliphatic carbocycles. The molecule has 1 fully saturated rings. The van der Waals surface area contributed by atoms with Crippen LogP contribution >= 0.6 is 0 Å². The van der Waals surface area contributed by atoms with E-state index in [0.29, 0.717) is 12.2 Å². The van der Waals surface area contributed by atoms with Crippen LogP contribution in [0.5, 0.6) is 11.5 Å². The number of hydrogen-bond acceptors (Lipinski definition) is 5. The molecule has 128 valence electrons. The lowest BCUT2D eigenvalue weighted by molar-refractivity contribution is 0.122. The first-order valence-corrected chi connectivity index (χ1v) is 9.25. The number of methoxy groups -OCH3 is 2. The van der Waals surface area contributed by atoms with Gasteiger partial charge in [0, 0.05) is 25.2 Å². The fourth-order valence-corrected chi connectivity index (χ4v) is 4.35. The first kappa shape index (κ1) is 16.5. The minimum atomic E-state index is -3.68. The zero-order chi connectivity index (χ0) is 16.6. The summed E-state index contributed by atoms with van der Waals surface area (Å²) >= 11 is 0. The number of ether oxygens (including phenoxy) is 2. The lowest BCUT2D eigenvalue weighted by atomic mass is 9.85. The Morgan fingerprint density at radius 1 is 1.22 bits per heavy atom. The molecule has 0 saturated carbocycles. The second-order valence-electron chi connectivity index (χ2n) is 6.09. The van der Waals surface area contributed by atoms with Crippen LogP contribution in [0.25, 0.3) is 0 Å². The molecule has 8 heteroatoms. The van der Waals surface area contributed by atoms with Crippen LogP contribution in [-0.4, -0.2) is 46.7 Å². The van der Waals surface area contributed by atoms with Crippen LogP contribution < -0.4 is 19.3 Å². The van der Waals surface area contributed by atoms with E-state index in [9.17, 15) is 8.42 Å². The highest BCUT2D eigenvalue weighted by molar-refractivity contribution is 7.87. The summed E-state index contributed by atoms with van der Waals surface area (Å²) in [6, 6.07) is 4.09. The molecule has 0 amide bonds. The van der Waals surface area contributed by atoms with E-state index in [1.54, 1.807) is 14.2 Å². The Bertz CT molecular complexity index is 692. The molecule has 7 nitrogen and oxygen atoms in total. The van der Waals surface area contributed by atoms with Crippen LogP contribution in [0.15, 0.2) is 12.1 Å². The highest BCUT2D eigenvalue weighted by Crippen LogP contribution is 2.41. The molecule has 1 aromatic carbocycles. The van der Waals surface area contributed by atoms with E-state index in [0.717, 1.165) is 31.7 Å². The monoisotopic (exact) mass is 341 g/mol. The summed E-state index contributed by atoms with van der Waals surface area (Å²) in [5.41, 5.74) is 2.43. The maximum atomic E-state index is 11.3. The zero-order valence-corrected chi connectivity index (χ0v) is 14.2. The summed E-state index contributed by atoms with van der Waals surface area (Å²) in [5, 5.41) is 5.12. The van der Waals surface area contributed by atoms with Crippen molar-refractivity contribution in [3.8, 4) is 11.5 Å².